The van der Waals surface area contributed by atoms with Crippen molar-refractivity contribution in [1.82, 2.24) is 19.4 Å². The highest BCUT2D eigenvalue weighted by Gasteiger charge is 2.25. The molecule has 2 aromatic heterocycles. The molecule has 0 bridgehead atoms. The number of piperazine rings is 1. The third-order valence-electron chi connectivity index (χ3n) is 4.18. The Labute approximate surface area is 147 Å². The van der Waals surface area contributed by atoms with Crippen LogP contribution >= 0.6 is 23.1 Å². The molecule has 4 rings (SSSR count). The van der Waals surface area contributed by atoms with E-state index < -0.39 is 0 Å². The molecular weight excluding hydrogens is 348 g/mol. The second-order valence-corrected chi connectivity index (χ2v) is 7.07. The number of benzene rings is 1. The number of carbonyl (C=O) groups excluding carboxylic acids is 1. The summed E-state index contributed by atoms with van der Waals surface area (Å²) in [6.45, 7) is 3.54. The van der Waals surface area contributed by atoms with E-state index in [1.807, 2.05) is 35.2 Å². The second-order valence-electron chi connectivity index (χ2n) is 5.71. The lowest BCUT2D eigenvalue weighted by Gasteiger charge is -2.33. The number of halogens is 1. The van der Waals surface area contributed by atoms with E-state index in [2.05, 4.69) is 14.5 Å². The van der Waals surface area contributed by atoms with E-state index in [0.717, 1.165) is 29.8 Å². The molecule has 3 aromatic rings. The molecule has 124 valence electrons. The molecule has 0 spiro atoms. The van der Waals surface area contributed by atoms with Crippen LogP contribution in [0.1, 0.15) is 16.2 Å². The summed E-state index contributed by atoms with van der Waals surface area (Å²) >= 11 is 7.25. The molecule has 1 aliphatic rings. The van der Waals surface area contributed by atoms with E-state index in [9.17, 15) is 4.79 Å². The van der Waals surface area contributed by atoms with Crippen LogP contribution in [0.3, 0.4) is 0 Å². The molecule has 0 saturated carbocycles. The first-order valence-corrected chi connectivity index (χ1v) is 8.83. The van der Waals surface area contributed by atoms with Crippen molar-refractivity contribution < 1.29 is 9.21 Å². The van der Waals surface area contributed by atoms with Gasteiger partial charge in [-0.3, -0.25) is 9.69 Å². The molecule has 0 unspecified atom stereocenters. The molecule has 1 fully saturated rings. The van der Waals surface area contributed by atoms with Crippen LogP contribution in [0.2, 0.25) is 4.34 Å². The Morgan fingerprint density at radius 1 is 1.25 bits per heavy atom. The zero-order valence-corrected chi connectivity index (χ0v) is 14.4. The van der Waals surface area contributed by atoms with Crippen LogP contribution in [0.15, 0.2) is 34.7 Å². The van der Waals surface area contributed by atoms with Crippen LogP contribution in [0.4, 0.5) is 0 Å². The molecule has 1 aliphatic heterocycles. The number of aromatic nitrogens is 2. The Morgan fingerprint density at radius 2 is 2.04 bits per heavy atom. The number of hydrogen-bond donors (Lipinski definition) is 0. The van der Waals surface area contributed by atoms with Gasteiger partial charge in [0.05, 0.1) is 0 Å². The van der Waals surface area contributed by atoms with Crippen molar-refractivity contribution in [3.8, 4) is 0 Å². The number of nitrogens with zero attached hydrogens (tertiary/aromatic N) is 4. The zero-order valence-electron chi connectivity index (χ0n) is 12.8. The predicted octanol–water partition coefficient (Wildman–Crippen LogP) is 2.90. The first-order chi connectivity index (χ1) is 11.7. The zero-order chi connectivity index (χ0) is 16.5. The molecule has 0 radical (unpaired) electrons. The quantitative estimate of drug-likeness (QED) is 0.717. The van der Waals surface area contributed by atoms with Gasteiger partial charge >= 0.3 is 0 Å². The topological polar surface area (TPSA) is 62.5 Å². The Balaban J connectivity index is 1.40. The van der Waals surface area contributed by atoms with E-state index in [4.69, 9.17) is 16.0 Å². The summed E-state index contributed by atoms with van der Waals surface area (Å²) in [5, 5.41) is 4.98. The minimum atomic E-state index is -0.0563. The first-order valence-electron chi connectivity index (χ1n) is 7.67. The molecule has 1 saturated heterocycles. The van der Waals surface area contributed by atoms with Crippen molar-refractivity contribution in [1.29, 1.82) is 0 Å². The minimum Gasteiger partial charge on any atom is -0.451 e. The van der Waals surface area contributed by atoms with Gasteiger partial charge in [-0.15, -0.1) is 5.10 Å². The number of para-hydroxylation sites is 1. The van der Waals surface area contributed by atoms with Crippen molar-refractivity contribution >= 4 is 40.0 Å². The maximum Gasteiger partial charge on any atom is 0.289 e. The summed E-state index contributed by atoms with van der Waals surface area (Å²) in [6, 6.07) is 9.46. The average Bonchev–Trinajstić information content (AvgIpc) is 3.21. The monoisotopic (exact) mass is 362 g/mol. The van der Waals surface area contributed by atoms with Crippen LogP contribution in [0.25, 0.3) is 11.0 Å². The van der Waals surface area contributed by atoms with E-state index in [-0.39, 0.29) is 5.91 Å². The van der Waals surface area contributed by atoms with Gasteiger partial charge in [-0.2, -0.15) is 0 Å². The summed E-state index contributed by atoms with van der Waals surface area (Å²) in [6.07, 6.45) is 0. The smallest absolute Gasteiger partial charge is 0.289 e. The fourth-order valence-corrected chi connectivity index (χ4v) is 3.47. The van der Waals surface area contributed by atoms with Crippen LogP contribution in [0.5, 0.6) is 0 Å². The Hall–Kier alpha value is -1.96. The largest absolute Gasteiger partial charge is 0.451 e. The van der Waals surface area contributed by atoms with Gasteiger partial charge in [0.15, 0.2) is 5.76 Å². The number of hydrogen-bond acceptors (Lipinski definition) is 6. The standard InChI is InChI=1S/C16H15ClN4O2S/c17-15-12(18-19-24-15)10-20-5-7-21(8-6-20)16(22)14-9-11-3-1-2-4-13(11)23-14/h1-4,9H,5-8,10H2. The summed E-state index contributed by atoms with van der Waals surface area (Å²) in [5.74, 6) is 0.343. The number of fused-ring (bicyclic) bond motifs is 1. The normalized spacial score (nSPS) is 16.0. The van der Waals surface area contributed by atoms with Crippen molar-refractivity contribution in [2.75, 3.05) is 26.2 Å². The highest BCUT2D eigenvalue weighted by molar-refractivity contribution is 7.10. The summed E-state index contributed by atoms with van der Waals surface area (Å²) in [7, 11) is 0. The lowest BCUT2D eigenvalue weighted by molar-refractivity contribution is 0.0598. The van der Waals surface area contributed by atoms with Crippen molar-refractivity contribution in [2.24, 2.45) is 0 Å². The Bertz CT molecular complexity index is 837. The number of rotatable bonds is 3. The molecule has 24 heavy (non-hydrogen) atoms. The van der Waals surface area contributed by atoms with Gasteiger partial charge < -0.3 is 9.32 Å². The van der Waals surface area contributed by atoms with Gasteiger partial charge in [-0.1, -0.05) is 34.3 Å². The number of amides is 1. The van der Waals surface area contributed by atoms with Crippen molar-refractivity contribution in [3.05, 3.63) is 46.1 Å². The van der Waals surface area contributed by atoms with E-state index in [1.165, 1.54) is 11.5 Å². The van der Waals surface area contributed by atoms with E-state index in [1.54, 1.807) is 0 Å². The van der Waals surface area contributed by atoms with Crippen molar-refractivity contribution in [3.63, 3.8) is 0 Å². The molecule has 6 nitrogen and oxygen atoms in total. The molecule has 3 heterocycles. The SMILES string of the molecule is O=C(c1cc2ccccc2o1)N1CCN(Cc2nnsc2Cl)CC1. The van der Waals surface area contributed by atoms with Crippen molar-refractivity contribution in [2.45, 2.75) is 6.54 Å². The summed E-state index contributed by atoms with van der Waals surface area (Å²) in [4.78, 5) is 16.7. The average molecular weight is 363 g/mol. The first kappa shape index (κ1) is 15.6. The maximum atomic E-state index is 12.6. The van der Waals surface area contributed by atoms with Gasteiger partial charge in [0.1, 0.15) is 15.6 Å². The molecular formula is C16H15ClN4O2S. The van der Waals surface area contributed by atoms with Crippen LogP contribution in [0, 0.1) is 0 Å². The molecule has 1 amide bonds. The summed E-state index contributed by atoms with van der Waals surface area (Å²) < 4.78 is 10.2. The molecule has 0 aliphatic carbocycles. The second kappa shape index (κ2) is 6.51. The Morgan fingerprint density at radius 3 is 2.75 bits per heavy atom. The van der Waals surface area contributed by atoms with Crippen LogP contribution in [-0.2, 0) is 6.54 Å². The maximum absolute atomic E-state index is 12.6. The minimum absolute atomic E-state index is 0.0563. The highest BCUT2D eigenvalue weighted by atomic mass is 35.5. The highest BCUT2D eigenvalue weighted by Crippen LogP contribution is 2.22. The van der Waals surface area contributed by atoms with E-state index in [0.29, 0.717) is 29.7 Å². The van der Waals surface area contributed by atoms with Crippen LogP contribution in [-0.4, -0.2) is 51.5 Å². The third kappa shape index (κ3) is 3.02. The van der Waals surface area contributed by atoms with Gasteiger partial charge in [-0.05, 0) is 12.1 Å². The van der Waals surface area contributed by atoms with E-state index >= 15 is 0 Å². The van der Waals surface area contributed by atoms with Gasteiger partial charge in [-0.25, -0.2) is 0 Å². The lowest BCUT2D eigenvalue weighted by Crippen LogP contribution is -2.48. The summed E-state index contributed by atoms with van der Waals surface area (Å²) in [5.41, 5.74) is 1.55. The predicted molar refractivity (Wildman–Crippen MR) is 92.3 cm³/mol. The Kier molecular flexibility index (Phi) is 4.22. The van der Waals surface area contributed by atoms with Crippen LogP contribution < -0.4 is 0 Å². The lowest BCUT2D eigenvalue weighted by atomic mass is 10.2. The molecule has 0 atom stereocenters. The van der Waals surface area contributed by atoms with Gasteiger partial charge in [0.25, 0.3) is 5.91 Å². The fraction of sp³-hybridized carbons (Fsp3) is 0.312. The number of carbonyl (C=O) groups is 1. The molecule has 8 heteroatoms. The van der Waals surface area contributed by atoms with Gasteiger partial charge in [0, 0.05) is 49.6 Å². The molecule has 0 N–H and O–H groups in total. The number of furan rings is 1. The third-order valence-corrected chi connectivity index (χ3v) is 5.16. The molecule has 1 aromatic carbocycles. The fourth-order valence-electron chi connectivity index (χ4n) is 2.86. The van der Waals surface area contributed by atoms with Gasteiger partial charge in [0.2, 0.25) is 0 Å².